The van der Waals surface area contributed by atoms with Crippen LogP contribution in [0.5, 0.6) is 0 Å². The summed E-state index contributed by atoms with van der Waals surface area (Å²) in [7, 11) is 0. The van der Waals surface area contributed by atoms with E-state index in [4.69, 9.17) is 20.4 Å². The summed E-state index contributed by atoms with van der Waals surface area (Å²) in [5, 5.41) is 8.46. The van der Waals surface area contributed by atoms with E-state index in [1.807, 2.05) is 6.92 Å². The van der Waals surface area contributed by atoms with Gasteiger partial charge in [0.05, 0.1) is 17.1 Å². The topological polar surface area (TPSA) is 69.1 Å². The minimum atomic E-state index is -0.368. The van der Waals surface area contributed by atoms with Gasteiger partial charge in [0, 0.05) is 10.6 Å². The van der Waals surface area contributed by atoms with Gasteiger partial charge in [-0.3, -0.25) is 4.79 Å². The standard InChI is InChI=1S/C16H13ClN2O3S/c1-9-13(6-7-21-9)15-18-19-16(22-15)23-10(2)14(20)11-4-3-5-12(17)8-11/h3-8,10H,1-2H3. The van der Waals surface area contributed by atoms with Crippen LogP contribution in [0.15, 0.2) is 50.7 Å². The molecule has 0 amide bonds. The molecule has 1 aromatic carbocycles. The lowest BCUT2D eigenvalue weighted by atomic mass is 10.1. The minimum absolute atomic E-state index is 0.0447. The highest BCUT2D eigenvalue weighted by Gasteiger charge is 2.21. The number of halogens is 1. The van der Waals surface area contributed by atoms with E-state index in [0.29, 0.717) is 27.5 Å². The summed E-state index contributed by atoms with van der Waals surface area (Å²) in [5.41, 5.74) is 1.31. The number of rotatable bonds is 5. The molecule has 5 nitrogen and oxygen atoms in total. The average molecular weight is 349 g/mol. The number of hydrogen-bond donors (Lipinski definition) is 0. The van der Waals surface area contributed by atoms with Gasteiger partial charge in [-0.2, -0.15) is 0 Å². The van der Waals surface area contributed by atoms with Gasteiger partial charge in [0.2, 0.25) is 0 Å². The highest BCUT2D eigenvalue weighted by Crippen LogP contribution is 2.29. The third-order valence-electron chi connectivity index (χ3n) is 3.25. The smallest absolute Gasteiger partial charge is 0.277 e. The van der Waals surface area contributed by atoms with Gasteiger partial charge >= 0.3 is 0 Å². The van der Waals surface area contributed by atoms with Gasteiger partial charge in [0.1, 0.15) is 5.76 Å². The van der Waals surface area contributed by atoms with Gasteiger partial charge < -0.3 is 8.83 Å². The second kappa shape index (κ2) is 6.60. The number of thioether (sulfide) groups is 1. The first kappa shape index (κ1) is 15.8. The van der Waals surface area contributed by atoms with Crippen molar-refractivity contribution in [3.8, 4) is 11.5 Å². The Hall–Kier alpha value is -2.05. The molecule has 23 heavy (non-hydrogen) atoms. The summed E-state index contributed by atoms with van der Waals surface area (Å²) in [6.07, 6.45) is 1.56. The number of Topliss-reactive ketones (excluding diaryl/α,β-unsaturated/α-hetero) is 1. The van der Waals surface area contributed by atoms with Crippen LogP contribution in [0.1, 0.15) is 23.0 Å². The first-order valence-electron chi connectivity index (χ1n) is 6.89. The molecule has 3 aromatic rings. The third kappa shape index (κ3) is 3.48. The zero-order chi connectivity index (χ0) is 16.4. The molecule has 1 unspecified atom stereocenters. The van der Waals surface area contributed by atoms with Crippen LogP contribution in [-0.4, -0.2) is 21.2 Å². The number of aryl methyl sites for hydroxylation is 1. The van der Waals surface area contributed by atoms with E-state index in [1.165, 1.54) is 11.8 Å². The number of carbonyl (C=O) groups excluding carboxylic acids is 1. The SMILES string of the molecule is Cc1occc1-c1nnc(SC(C)C(=O)c2cccc(Cl)c2)o1. The maximum atomic E-state index is 12.4. The van der Waals surface area contributed by atoms with Crippen molar-refractivity contribution in [1.82, 2.24) is 10.2 Å². The van der Waals surface area contributed by atoms with Crippen LogP contribution in [0.3, 0.4) is 0 Å². The van der Waals surface area contributed by atoms with Crippen molar-refractivity contribution < 1.29 is 13.6 Å². The van der Waals surface area contributed by atoms with E-state index in [1.54, 1.807) is 43.5 Å². The van der Waals surface area contributed by atoms with E-state index < -0.39 is 0 Å². The molecule has 2 heterocycles. The summed E-state index contributed by atoms with van der Waals surface area (Å²) in [6.45, 7) is 3.61. The first-order chi connectivity index (χ1) is 11.0. The van der Waals surface area contributed by atoms with E-state index in [9.17, 15) is 4.79 Å². The van der Waals surface area contributed by atoms with Crippen molar-refractivity contribution in [1.29, 1.82) is 0 Å². The number of furan rings is 1. The van der Waals surface area contributed by atoms with E-state index in [2.05, 4.69) is 10.2 Å². The Morgan fingerprint density at radius 3 is 2.83 bits per heavy atom. The normalized spacial score (nSPS) is 12.3. The van der Waals surface area contributed by atoms with Crippen LogP contribution in [-0.2, 0) is 0 Å². The first-order valence-corrected chi connectivity index (χ1v) is 8.15. The monoisotopic (exact) mass is 348 g/mol. The fourth-order valence-electron chi connectivity index (χ4n) is 2.05. The largest absolute Gasteiger partial charge is 0.469 e. The average Bonchev–Trinajstić information content (AvgIpc) is 3.15. The molecule has 0 spiro atoms. The Labute approximate surface area is 142 Å². The maximum absolute atomic E-state index is 12.4. The quantitative estimate of drug-likeness (QED) is 0.493. The molecule has 3 rings (SSSR count). The Morgan fingerprint density at radius 2 is 2.13 bits per heavy atom. The van der Waals surface area contributed by atoms with Gasteiger partial charge in [0.25, 0.3) is 11.1 Å². The number of benzene rings is 1. The fourth-order valence-corrected chi connectivity index (χ4v) is 3.01. The highest BCUT2D eigenvalue weighted by molar-refractivity contribution is 8.00. The third-order valence-corrected chi connectivity index (χ3v) is 4.42. The maximum Gasteiger partial charge on any atom is 0.277 e. The van der Waals surface area contributed by atoms with Gasteiger partial charge in [0.15, 0.2) is 5.78 Å². The molecule has 0 aliphatic rings. The summed E-state index contributed by atoms with van der Waals surface area (Å²) < 4.78 is 10.8. The number of ketones is 1. The Balaban J connectivity index is 1.73. The minimum Gasteiger partial charge on any atom is -0.469 e. The molecule has 0 saturated carbocycles. The zero-order valence-electron chi connectivity index (χ0n) is 12.4. The lowest BCUT2D eigenvalue weighted by Crippen LogP contribution is -2.13. The van der Waals surface area contributed by atoms with Crippen molar-refractivity contribution in [2.75, 3.05) is 0 Å². The number of nitrogens with zero attached hydrogens (tertiary/aromatic N) is 2. The molecule has 7 heteroatoms. The molecular formula is C16H13ClN2O3S. The molecule has 118 valence electrons. The summed E-state index contributed by atoms with van der Waals surface area (Å²) in [4.78, 5) is 12.4. The summed E-state index contributed by atoms with van der Waals surface area (Å²) in [5.74, 6) is 1.03. The number of aromatic nitrogens is 2. The lowest BCUT2D eigenvalue weighted by molar-refractivity contribution is 0.0993. The van der Waals surface area contributed by atoms with Gasteiger partial charge in [-0.25, -0.2) is 0 Å². The van der Waals surface area contributed by atoms with Gasteiger partial charge in [-0.15, -0.1) is 10.2 Å². The van der Waals surface area contributed by atoms with Crippen LogP contribution in [0.25, 0.3) is 11.5 Å². The highest BCUT2D eigenvalue weighted by atomic mass is 35.5. The molecule has 0 aliphatic heterocycles. The van der Waals surface area contributed by atoms with Crippen molar-refractivity contribution in [2.24, 2.45) is 0 Å². The Kier molecular flexibility index (Phi) is 4.54. The molecule has 0 aliphatic carbocycles. The predicted octanol–water partition coefficient (Wildman–Crippen LogP) is 4.65. The Morgan fingerprint density at radius 1 is 1.30 bits per heavy atom. The molecule has 0 bridgehead atoms. The molecule has 1 atom stereocenters. The molecule has 0 fully saturated rings. The lowest BCUT2D eigenvalue weighted by Gasteiger charge is -2.07. The second-order valence-electron chi connectivity index (χ2n) is 4.90. The van der Waals surface area contributed by atoms with Gasteiger partial charge in [-0.05, 0) is 32.0 Å². The molecule has 0 N–H and O–H groups in total. The fraction of sp³-hybridized carbons (Fsp3) is 0.188. The van der Waals surface area contributed by atoms with Crippen LogP contribution in [0.2, 0.25) is 5.02 Å². The van der Waals surface area contributed by atoms with Crippen molar-refractivity contribution in [3.63, 3.8) is 0 Å². The predicted molar refractivity (Wildman–Crippen MR) is 87.8 cm³/mol. The van der Waals surface area contributed by atoms with Crippen LogP contribution in [0.4, 0.5) is 0 Å². The van der Waals surface area contributed by atoms with E-state index in [-0.39, 0.29) is 11.0 Å². The van der Waals surface area contributed by atoms with Crippen molar-refractivity contribution in [2.45, 2.75) is 24.3 Å². The summed E-state index contributed by atoms with van der Waals surface area (Å²) in [6, 6.07) is 8.62. The molecule has 0 saturated heterocycles. The van der Waals surface area contributed by atoms with Crippen LogP contribution < -0.4 is 0 Å². The van der Waals surface area contributed by atoms with Crippen LogP contribution >= 0.6 is 23.4 Å². The van der Waals surface area contributed by atoms with E-state index >= 15 is 0 Å². The molecular weight excluding hydrogens is 336 g/mol. The number of carbonyl (C=O) groups is 1. The van der Waals surface area contributed by atoms with E-state index in [0.717, 1.165) is 5.56 Å². The summed E-state index contributed by atoms with van der Waals surface area (Å²) >= 11 is 7.13. The molecule has 0 radical (unpaired) electrons. The Bertz CT molecular complexity index is 843. The van der Waals surface area contributed by atoms with Crippen LogP contribution in [0, 0.1) is 6.92 Å². The number of hydrogen-bond acceptors (Lipinski definition) is 6. The second-order valence-corrected chi connectivity index (χ2v) is 6.63. The zero-order valence-corrected chi connectivity index (χ0v) is 14.0. The van der Waals surface area contributed by atoms with Crippen molar-refractivity contribution in [3.05, 3.63) is 52.9 Å². The molecule has 2 aromatic heterocycles. The van der Waals surface area contributed by atoms with Gasteiger partial charge in [-0.1, -0.05) is 35.5 Å². The van der Waals surface area contributed by atoms with Crippen molar-refractivity contribution >= 4 is 29.1 Å².